The monoisotopic (exact) mass is 490 g/mol. The Kier molecular flexibility index (Phi) is 7.99. The van der Waals surface area contributed by atoms with E-state index < -0.39 is 27.7 Å². The molecule has 0 aliphatic heterocycles. The molecule has 0 aliphatic carbocycles. The molecule has 0 atom stereocenters. The summed E-state index contributed by atoms with van der Waals surface area (Å²) in [6.45, 7) is 8.02. The predicted molar refractivity (Wildman–Crippen MR) is 127 cm³/mol. The van der Waals surface area contributed by atoms with Crippen LogP contribution in [0.5, 0.6) is 5.75 Å². The number of hydrogen-bond acceptors (Lipinski definition) is 6. The van der Waals surface area contributed by atoms with Gasteiger partial charge in [0.1, 0.15) is 17.4 Å². The van der Waals surface area contributed by atoms with Crippen LogP contribution in [0.15, 0.2) is 57.9 Å². The van der Waals surface area contributed by atoms with Gasteiger partial charge in [-0.05, 0) is 43.7 Å². The highest BCUT2D eigenvalue weighted by Gasteiger charge is 2.32. The maximum absolute atomic E-state index is 14.0. The van der Waals surface area contributed by atoms with Crippen molar-refractivity contribution < 1.29 is 27.6 Å². The highest BCUT2D eigenvalue weighted by molar-refractivity contribution is 8.01. The van der Waals surface area contributed by atoms with Gasteiger partial charge in [0.25, 0.3) is 0 Å². The molecule has 0 spiro atoms. The van der Waals surface area contributed by atoms with Crippen LogP contribution >= 0.6 is 11.8 Å². The van der Waals surface area contributed by atoms with Crippen LogP contribution in [0.2, 0.25) is 0 Å². The molecule has 34 heavy (non-hydrogen) atoms. The molecule has 6 nitrogen and oxygen atoms in total. The molecular formula is C25H28F2N2O4S. The summed E-state index contributed by atoms with van der Waals surface area (Å²) in [7, 11) is 1.62. The van der Waals surface area contributed by atoms with Crippen LogP contribution in [-0.4, -0.2) is 29.5 Å². The molecule has 1 aromatic heterocycles. The third-order valence-electron chi connectivity index (χ3n) is 5.14. The van der Waals surface area contributed by atoms with Crippen LogP contribution in [0.4, 0.5) is 14.7 Å². The molecule has 0 aliphatic rings. The van der Waals surface area contributed by atoms with Gasteiger partial charge in [-0.3, -0.25) is 10.1 Å². The molecular weight excluding hydrogens is 462 g/mol. The van der Waals surface area contributed by atoms with Gasteiger partial charge < -0.3 is 14.0 Å². The highest BCUT2D eigenvalue weighted by Crippen LogP contribution is 2.35. The zero-order chi connectivity index (χ0) is 24.9. The van der Waals surface area contributed by atoms with Crippen LogP contribution < -0.4 is 10.1 Å². The quantitative estimate of drug-likeness (QED) is 0.353. The summed E-state index contributed by atoms with van der Waals surface area (Å²) in [5.41, 5.74) is 1.16. The number of nitrogens with one attached hydrogen (secondary N) is 1. The van der Waals surface area contributed by atoms with Gasteiger partial charge in [-0.1, -0.05) is 31.1 Å². The lowest BCUT2D eigenvalue weighted by molar-refractivity contribution is -0.117. The number of benzene rings is 2. The second-order valence-corrected chi connectivity index (χ2v) is 10.6. The zero-order valence-electron chi connectivity index (χ0n) is 19.8. The number of amides is 1. The van der Waals surface area contributed by atoms with Gasteiger partial charge in [0.05, 0.1) is 30.8 Å². The fraction of sp³-hybridized carbons (Fsp3) is 0.360. The number of nitrogens with zero attached hydrogens (tertiary/aromatic N) is 1. The van der Waals surface area contributed by atoms with Gasteiger partial charge in [0.15, 0.2) is 0 Å². The van der Waals surface area contributed by atoms with Crippen LogP contribution in [-0.2, 0) is 21.6 Å². The van der Waals surface area contributed by atoms with E-state index in [-0.39, 0.29) is 10.8 Å². The van der Waals surface area contributed by atoms with Crippen molar-refractivity contribution in [2.45, 2.75) is 49.4 Å². The Bertz CT molecular complexity index is 1130. The minimum absolute atomic E-state index is 0.176. The summed E-state index contributed by atoms with van der Waals surface area (Å²) >= 11 is 0.989. The van der Waals surface area contributed by atoms with Crippen molar-refractivity contribution in [1.29, 1.82) is 0 Å². The van der Waals surface area contributed by atoms with E-state index in [1.54, 1.807) is 27.0 Å². The smallest absolute Gasteiger partial charge is 0.242 e. The average molecular weight is 491 g/mol. The first-order valence-electron chi connectivity index (χ1n) is 10.6. The molecule has 0 saturated heterocycles. The number of carbonyl (C=O) groups excluding carboxylic acids is 1. The maximum Gasteiger partial charge on any atom is 0.242 e. The largest absolute Gasteiger partial charge is 0.497 e. The van der Waals surface area contributed by atoms with Crippen molar-refractivity contribution in [3.8, 4) is 5.75 Å². The Hall–Kier alpha value is -2.91. The molecule has 1 N–H and O–H groups in total. The molecule has 3 aromatic rings. The Morgan fingerprint density at radius 2 is 1.79 bits per heavy atom. The van der Waals surface area contributed by atoms with E-state index in [1.807, 2.05) is 38.1 Å². The first kappa shape index (κ1) is 25.7. The van der Waals surface area contributed by atoms with Crippen molar-refractivity contribution in [2.24, 2.45) is 0 Å². The second kappa shape index (κ2) is 10.6. The van der Waals surface area contributed by atoms with Crippen molar-refractivity contribution in [3.63, 3.8) is 0 Å². The van der Waals surface area contributed by atoms with Gasteiger partial charge >= 0.3 is 0 Å². The van der Waals surface area contributed by atoms with Gasteiger partial charge in [-0.2, -0.15) is 0 Å². The summed E-state index contributed by atoms with van der Waals surface area (Å²) in [6.07, 6.45) is 0. The van der Waals surface area contributed by atoms with Crippen molar-refractivity contribution in [3.05, 3.63) is 71.4 Å². The Balaban J connectivity index is 1.57. The number of aromatic nitrogens is 1. The lowest BCUT2D eigenvalue weighted by Gasteiger charge is -2.22. The fourth-order valence-corrected chi connectivity index (χ4v) is 4.00. The maximum atomic E-state index is 14.0. The zero-order valence-corrected chi connectivity index (χ0v) is 20.6. The molecule has 0 unspecified atom stereocenters. The number of rotatable bonds is 10. The normalized spacial score (nSPS) is 12.0. The lowest BCUT2D eigenvalue weighted by atomic mass is 9.90. The van der Waals surface area contributed by atoms with Gasteiger partial charge in [-0.15, -0.1) is 11.8 Å². The van der Waals surface area contributed by atoms with Crippen molar-refractivity contribution >= 4 is 23.6 Å². The summed E-state index contributed by atoms with van der Waals surface area (Å²) in [5, 5.41) is 6.76. The molecule has 182 valence electrons. The first-order valence-corrected chi connectivity index (χ1v) is 11.5. The summed E-state index contributed by atoms with van der Waals surface area (Å²) < 4.78 is 42.4. The Morgan fingerprint density at radius 1 is 1.09 bits per heavy atom. The SMILES string of the molecule is COc1ccc(COCC(C)(C)c2cc(NC(=O)C(C)(C)Sc3ccc(F)cc3F)on2)cc1. The van der Waals surface area contributed by atoms with E-state index in [9.17, 15) is 13.6 Å². The molecule has 0 radical (unpaired) electrons. The van der Waals surface area contributed by atoms with Crippen molar-refractivity contribution in [1.82, 2.24) is 5.16 Å². The Morgan fingerprint density at radius 3 is 2.44 bits per heavy atom. The van der Waals surface area contributed by atoms with Crippen LogP contribution in [0.1, 0.15) is 39.0 Å². The van der Waals surface area contributed by atoms with Crippen LogP contribution in [0, 0.1) is 11.6 Å². The fourth-order valence-electron chi connectivity index (χ4n) is 3.01. The molecule has 9 heteroatoms. The predicted octanol–water partition coefficient (Wildman–Crippen LogP) is 5.97. The molecule has 0 saturated carbocycles. The molecule has 0 bridgehead atoms. The van der Waals surface area contributed by atoms with Gasteiger partial charge in [-0.25, -0.2) is 8.78 Å². The summed E-state index contributed by atoms with van der Waals surface area (Å²) in [6, 6.07) is 12.5. The van der Waals surface area contributed by atoms with E-state index >= 15 is 0 Å². The third-order valence-corrected chi connectivity index (χ3v) is 6.38. The van der Waals surface area contributed by atoms with Gasteiger partial charge in [0, 0.05) is 22.4 Å². The van der Waals surface area contributed by atoms with Crippen LogP contribution in [0.25, 0.3) is 0 Å². The van der Waals surface area contributed by atoms with Crippen molar-refractivity contribution in [2.75, 3.05) is 19.0 Å². The molecule has 1 heterocycles. The minimum Gasteiger partial charge on any atom is -0.497 e. The topological polar surface area (TPSA) is 73.6 Å². The number of carbonyl (C=O) groups is 1. The standard InChI is InChI=1S/C25H28F2N2O4S/c1-24(2,15-32-14-16-6-9-18(31-5)10-7-16)21-13-22(33-29-21)28-23(30)25(3,4)34-20-11-8-17(26)12-19(20)27/h6-13H,14-15H2,1-5H3,(H,28,30). The molecule has 3 rings (SSSR count). The summed E-state index contributed by atoms with van der Waals surface area (Å²) in [4.78, 5) is 13.0. The van der Waals surface area contributed by atoms with E-state index in [1.165, 1.54) is 6.07 Å². The van der Waals surface area contributed by atoms with Crippen LogP contribution in [0.3, 0.4) is 0 Å². The highest BCUT2D eigenvalue weighted by atomic mass is 32.2. The number of methoxy groups -OCH3 is 1. The minimum atomic E-state index is -1.05. The number of halogens is 2. The number of hydrogen-bond donors (Lipinski definition) is 1. The summed E-state index contributed by atoms with van der Waals surface area (Å²) in [5.74, 6) is -0.835. The lowest BCUT2D eigenvalue weighted by Crippen LogP contribution is -2.34. The number of thioether (sulfide) groups is 1. The van der Waals surface area contributed by atoms with E-state index in [4.69, 9.17) is 14.0 Å². The van der Waals surface area contributed by atoms with E-state index in [0.717, 1.165) is 35.2 Å². The second-order valence-electron chi connectivity index (χ2n) is 8.94. The number of anilines is 1. The number of ether oxygens (including phenoxy) is 2. The van der Waals surface area contributed by atoms with Gasteiger partial charge in [0.2, 0.25) is 11.8 Å². The Labute approximate surface area is 202 Å². The van der Waals surface area contributed by atoms with E-state index in [0.29, 0.717) is 18.9 Å². The molecule has 0 fully saturated rings. The molecule has 2 aromatic carbocycles. The van der Waals surface area contributed by atoms with E-state index in [2.05, 4.69) is 10.5 Å². The average Bonchev–Trinajstić information content (AvgIpc) is 3.25. The first-order chi connectivity index (χ1) is 16.0. The molecule has 1 amide bonds. The third kappa shape index (κ3) is 6.57.